The molecule has 2 N–H and O–H groups in total. The van der Waals surface area contributed by atoms with Crippen molar-refractivity contribution in [1.82, 2.24) is 4.90 Å². The van der Waals surface area contributed by atoms with Crippen molar-refractivity contribution >= 4 is 35.2 Å². The molecule has 0 aromatic heterocycles. The molecule has 2 amide bonds. The molecule has 0 bridgehead atoms. The third-order valence-corrected chi connectivity index (χ3v) is 5.35. The summed E-state index contributed by atoms with van der Waals surface area (Å²) in [6.45, 7) is 1.99. The number of rotatable bonds is 6. The van der Waals surface area contributed by atoms with Gasteiger partial charge in [-0.15, -0.1) is 11.8 Å². The molecule has 1 atom stereocenters. The van der Waals surface area contributed by atoms with Gasteiger partial charge >= 0.3 is 5.97 Å². The number of benzene rings is 2. The summed E-state index contributed by atoms with van der Waals surface area (Å²) in [7, 11) is 0. The molecule has 1 aliphatic rings. The molecule has 7 heteroatoms. The summed E-state index contributed by atoms with van der Waals surface area (Å²) in [6, 6.07) is 14.6. The molecule has 2 aromatic rings. The minimum absolute atomic E-state index is 0.0985. The Kier molecular flexibility index (Phi) is 5.81. The van der Waals surface area contributed by atoms with Crippen LogP contribution in [0.3, 0.4) is 0 Å². The van der Waals surface area contributed by atoms with Crippen LogP contribution in [-0.2, 0) is 16.1 Å². The van der Waals surface area contributed by atoms with Gasteiger partial charge in [0.2, 0.25) is 5.91 Å². The van der Waals surface area contributed by atoms with Crippen molar-refractivity contribution in [2.24, 2.45) is 5.92 Å². The van der Waals surface area contributed by atoms with Gasteiger partial charge in [-0.3, -0.25) is 14.4 Å². The van der Waals surface area contributed by atoms with E-state index in [1.807, 2.05) is 36.4 Å². The lowest BCUT2D eigenvalue weighted by molar-refractivity contribution is -0.141. The zero-order valence-electron chi connectivity index (χ0n) is 14.8. The number of nitrogens with one attached hydrogen (secondary N) is 1. The Balaban J connectivity index is 1.86. The second kappa shape index (κ2) is 8.26. The van der Waals surface area contributed by atoms with Crippen molar-refractivity contribution in [3.05, 3.63) is 59.7 Å². The van der Waals surface area contributed by atoms with E-state index < -0.39 is 11.9 Å². The number of hydrogen-bond donors (Lipinski definition) is 2. The van der Waals surface area contributed by atoms with Gasteiger partial charge < -0.3 is 15.3 Å². The van der Waals surface area contributed by atoms with Gasteiger partial charge in [0.1, 0.15) is 0 Å². The maximum absolute atomic E-state index is 13.1. The second-order valence-corrected chi connectivity index (χ2v) is 7.48. The Morgan fingerprint density at radius 2 is 1.96 bits per heavy atom. The lowest BCUT2D eigenvalue weighted by Gasteiger charge is -2.25. The minimum Gasteiger partial charge on any atom is -0.481 e. The van der Waals surface area contributed by atoms with E-state index in [0.29, 0.717) is 23.5 Å². The highest BCUT2D eigenvalue weighted by molar-refractivity contribution is 8.00. The van der Waals surface area contributed by atoms with Crippen molar-refractivity contribution in [3.8, 4) is 0 Å². The number of anilines is 1. The van der Waals surface area contributed by atoms with Crippen molar-refractivity contribution < 1.29 is 19.5 Å². The Morgan fingerprint density at radius 3 is 2.67 bits per heavy atom. The summed E-state index contributed by atoms with van der Waals surface area (Å²) in [5.74, 6) is -1.64. The number of carboxylic acid groups (broad SMARTS) is 1. The first-order chi connectivity index (χ1) is 12.9. The molecule has 0 unspecified atom stereocenters. The predicted octanol–water partition coefficient (Wildman–Crippen LogP) is 3.09. The number of aliphatic carboxylic acids is 1. The van der Waals surface area contributed by atoms with Crippen LogP contribution in [-0.4, -0.2) is 40.1 Å². The van der Waals surface area contributed by atoms with E-state index in [-0.39, 0.29) is 18.4 Å². The molecule has 0 aliphatic carbocycles. The van der Waals surface area contributed by atoms with E-state index in [1.54, 1.807) is 19.1 Å². The van der Waals surface area contributed by atoms with E-state index in [1.165, 1.54) is 16.7 Å². The Morgan fingerprint density at radius 1 is 1.22 bits per heavy atom. The van der Waals surface area contributed by atoms with Crippen LogP contribution in [0.15, 0.2) is 53.4 Å². The Labute approximate surface area is 161 Å². The zero-order valence-corrected chi connectivity index (χ0v) is 15.7. The number of thioether (sulfide) groups is 1. The quantitative estimate of drug-likeness (QED) is 0.799. The highest BCUT2D eigenvalue weighted by Crippen LogP contribution is 2.32. The van der Waals surface area contributed by atoms with E-state index >= 15 is 0 Å². The fourth-order valence-electron chi connectivity index (χ4n) is 2.83. The van der Waals surface area contributed by atoms with Gasteiger partial charge in [-0.2, -0.15) is 0 Å². The maximum Gasteiger partial charge on any atom is 0.308 e. The third kappa shape index (κ3) is 4.68. The van der Waals surface area contributed by atoms with Crippen LogP contribution in [0.2, 0.25) is 0 Å². The molecule has 27 heavy (non-hydrogen) atoms. The summed E-state index contributed by atoms with van der Waals surface area (Å²) in [5.41, 5.74) is 1.96. The number of carbonyl (C=O) groups is 3. The predicted molar refractivity (Wildman–Crippen MR) is 104 cm³/mol. The maximum atomic E-state index is 13.1. The first-order valence-electron chi connectivity index (χ1n) is 8.56. The van der Waals surface area contributed by atoms with Crippen LogP contribution in [0.5, 0.6) is 0 Å². The molecule has 6 nitrogen and oxygen atoms in total. The molecule has 1 aliphatic heterocycles. The molecule has 2 aromatic carbocycles. The van der Waals surface area contributed by atoms with Crippen molar-refractivity contribution in [2.45, 2.75) is 18.4 Å². The smallest absolute Gasteiger partial charge is 0.308 e. The number of carboxylic acids is 1. The van der Waals surface area contributed by atoms with E-state index in [2.05, 4.69) is 5.32 Å². The molecule has 3 rings (SSSR count). The molecular weight excluding hydrogens is 364 g/mol. The molecule has 140 valence electrons. The molecule has 0 saturated heterocycles. The van der Waals surface area contributed by atoms with Gasteiger partial charge in [0.15, 0.2) is 0 Å². The van der Waals surface area contributed by atoms with Crippen LogP contribution in [0, 0.1) is 5.92 Å². The number of hydrogen-bond acceptors (Lipinski definition) is 4. The normalized spacial score (nSPS) is 14.0. The van der Waals surface area contributed by atoms with Gasteiger partial charge in [0.25, 0.3) is 5.91 Å². The Bertz CT molecular complexity index is 870. The zero-order chi connectivity index (χ0) is 19.4. The van der Waals surface area contributed by atoms with E-state index in [9.17, 15) is 19.5 Å². The standard InChI is InChI=1S/C20H20N2O4S/c1-13(20(25)26)10-22(11-14-5-3-2-4-6-14)19(24)15-7-8-17-16(9-15)21-18(23)12-27-17/h2-9,13H,10-12H2,1H3,(H,21,23)(H,25,26)/t13-/m1/s1. The largest absolute Gasteiger partial charge is 0.481 e. The van der Waals surface area contributed by atoms with Crippen molar-refractivity contribution in [3.63, 3.8) is 0 Å². The fourth-order valence-corrected chi connectivity index (χ4v) is 3.62. The number of fused-ring (bicyclic) bond motifs is 1. The number of carbonyl (C=O) groups excluding carboxylic acids is 2. The average Bonchev–Trinajstić information content (AvgIpc) is 2.67. The van der Waals surface area contributed by atoms with Gasteiger partial charge in [0.05, 0.1) is 17.4 Å². The van der Waals surface area contributed by atoms with Crippen molar-refractivity contribution in [2.75, 3.05) is 17.6 Å². The average molecular weight is 384 g/mol. The highest BCUT2D eigenvalue weighted by Gasteiger charge is 2.24. The second-order valence-electron chi connectivity index (χ2n) is 6.46. The van der Waals surface area contributed by atoms with Crippen LogP contribution in [0.25, 0.3) is 0 Å². The van der Waals surface area contributed by atoms with Crippen LogP contribution < -0.4 is 5.32 Å². The Hall–Kier alpha value is -2.80. The number of amides is 2. The van der Waals surface area contributed by atoms with Crippen molar-refractivity contribution in [1.29, 1.82) is 0 Å². The van der Waals surface area contributed by atoms with Gasteiger partial charge in [-0.1, -0.05) is 37.3 Å². The molecular formula is C20H20N2O4S. The molecule has 1 heterocycles. The summed E-state index contributed by atoms with van der Waals surface area (Å²) >= 11 is 1.43. The number of nitrogens with zero attached hydrogens (tertiary/aromatic N) is 1. The summed E-state index contributed by atoms with van der Waals surface area (Å²) in [5, 5.41) is 12.0. The summed E-state index contributed by atoms with van der Waals surface area (Å²) < 4.78 is 0. The van der Waals surface area contributed by atoms with Gasteiger partial charge in [0, 0.05) is 23.5 Å². The minimum atomic E-state index is -0.949. The SMILES string of the molecule is C[C@H](CN(Cc1ccccc1)C(=O)c1ccc2c(c1)NC(=O)CS2)C(=O)O. The van der Waals surface area contributed by atoms with E-state index in [0.717, 1.165) is 10.5 Å². The highest BCUT2D eigenvalue weighted by atomic mass is 32.2. The fraction of sp³-hybridized carbons (Fsp3) is 0.250. The summed E-state index contributed by atoms with van der Waals surface area (Å²) in [4.78, 5) is 38.4. The molecule has 0 radical (unpaired) electrons. The molecule has 0 saturated carbocycles. The monoisotopic (exact) mass is 384 g/mol. The van der Waals surface area contributed by atoms with Gasteiger partial charge in [-0.25, -0.2) is 0 Å². The third-order valence-electron chi connectivity index (χ3n) is 4.28. The summed E-state index contributed by atoms with van der Waals surface area (Å²) in [6.07, 6.45) is 0. The lowest BCUT2D eigenvalue weighted by atomic mass is 10.1. The first-order valence-corrected chi connectivity index (χ1v) is 9.55. The molecule has 0 fully saturated rings. The van der Waals surface area contributed by atoms with Gasteiger partial charge in [-0.05, 0) is 23.8 Å². The van der Waals surface area contributed by atoms with Crippen LogP contribution in [0.1, 0.15) is 22.8 Å². The topological polar surface area (TPSA) is 86.7 Å². The molecule has 0 spiro atoms. The lowest BCUT2D eigenvalue weighted by Crippen LogP contribution is -2.36. The van der Waals surface area contributed by atoms with E-state index in [4.69, 9.17) is 0 Å². The first kappa shape index (κ1) is 19.0. The van der Waals surface area contributed by atoms with Crippen LogP contribution >= 0.6 is 11.8 Å². The van der Waals surface area contributed by atoms with Crippen LogP contribution in [0.4, 0.5) is 5.69 Å².